The number of rotatable bonds is 5. The Morgan fingerprint density at radius 1 is 1.60 bits per heavy atom. The summed E-state index contributed by atoms with van der Waals surface area (Å²) in [5.41, 5.74) is 5.41. The van der Waals surface area contributed by atoms with E-state index in [2.05, 4.69) is 39.5 Å². The molecule has 1 atom stereocenters. The van der Waals surface area contributed by atoms with Gasteiger partial charge in [-0.2, -0.15) is 4.98 Å². The highest BCUT2D eigenvalue weighted by atomic mass is 16.2. The third-order valence-electron chi connectivity index (χ3n) is 3.38. The first-order valence-electron chi connectivity index (χ1n) is 6.89. The average molecular weight is 281 g/mol. The summed E-state index contributed by atoms with van der Waals surface area (Å²) < 4.78 is 0. The fourth-order valence-corrected chi connectivity index (χ4v) is 2.50. The third-order valence-corrected chi connectivity index (χ3v) is 3.38. The van der Waals surface area contributed by atoms with Crippen LogP contribution in [-0.2, 0) is 6.42 Å². The number of nitrogen functional groups attached to an aromatic ring is 1. The number of urea groups is 1. The number of hydrogen-bond donors (Lipinski definition) is 3. The predicted octanol–water partition coefficient (Wildman–Crippen LogP) is -0.477. The van der Waals surface area contributed by atoms with Gasteiger partial charge in [-0.1, -0.05) is 0 Å². The van der Waals surface area contributed by atoms with E-state index >= 15 is 0 Å². The molecule has 0 unspecified atom stereocenters. The van der Waals surface area contributed by atoms with Crippen LogP contribution in [0.15, 0.2) is 0 Å². The van der Waals surface area contributed by atoms with Crippen LogP contribution in [0, 0.1) is 5.92 Å². The van der Waals surface area contributed by atoms with E-state index in [4.69, 9.17) is 5.73 Å². The number of aromatic amines is 1. The van der Waals surface area contributed by atoms with Crippen LogP contribution in [0.2, 0.25) is 0 Å². The molecule has 0 radical (unpaired) electrons. The van der Waals surface area contributed by atoms with Crippen molar-refractivity contribution in [3.8, 4) is 0 Å². The van der Waals surface area contributed by atoms with E-state index in [1.807, 2.05) is 4.90 Å². The minimum absolute atomic E-state index is 0.00116. The highest BCUT2D eigenvalue weighted by Gasteiger charge is 2.26. The van der Waals surface area contributed by atoms with Crippen LogP contribution in [-0.4, -0.2) is 71.3 Å². The van der Waals surface area contributed by atoms with Gasteiger partial charge < -0.3 is 20.9 Å². The van der Waals surface area contributed by atoms with Gasteiger partial charge in [0, 0.05) is 32.6 Å². The molecule has 1 aliphatic rings. The average Bonchev–Trinajstić information content (AvgIpc) is 2.98. The number of H-pyrrole nitrogens is 1. The molecule has 0 spiro atoms. The Labute approximate surface area is 118 Å². The first-order chi connectivity index (χ1) is 9.54. The van der Waals surface area contributed by atoms with Gasteiger partial charge in [0.2, 0.25) is 5.95 Å². The Hall–Kier alpha value is -1.83. The Morgan fingerprint density at radius 3 is 3.05 bits per heavy atom. The fraction of sp³-hybridized carbons (Fsp3) is 0.750. The van der Waals surface area contributed by atoms with Crippen molar-refractivity contribution in [2.24, 2.45) is 5.92 Å². The van der Waals surface area contributed by atoms with Gasteiger partial charge in [0.25, 0.3) is 0 Å². The normalized spacial score (nSPS) is 18.8. The molecule has 0 aliphatic carbocycles. The summed E-state index contributed by atoms with van der Waals surface area (Å²) in [6.07, 6.45) is 1.68. The van der Waals surface area contributed by atoms with E-state index in [0.29, 0.717) is 24.7 Å². The number of anilines is 1. The molecule has 112 valence electrons. The van der Waals surface area contributed by atoms with Crippen molar-refractivity contribution in [1.82, 2.24) is 30.3 Å². The monoisotopic (exact) mass is 281 g/mol. The minimum Gasteiger partial charge on any atom is -0.367 e. The van der Waals surface area contributed by atoms with Crippen LogP contribution < -0.4 is 11.1 Å². The van der Waals surface area contributed by atoms with E-state index in [-0.39, 0.29) is 12.0 Å². The molecule has 1 aliphatic heterocycles. The number of carbonyl (C=O) groups is 1. The molecule has 0 bridgehead atoms. The number of nitrogens with zero attached hydrogens (tertiary/aromatic N) is 4. The molecule has 1 aromatic rings. The SMILES string of the molecule is CN(C)C[C@H]1CCN(C(=O)NCCc2nc(N)n[nH]2)C1. The van der Waals surface area contributed by atoms with Gasteiger partial charge in [-0.05, 0) is 26.4 Å². The molecular weight excluding hydrogens is 258 g/mol. The van der Waals surface area contributed by atoms with Crippen LogP contribution in [0.3, 0.4) is 0 Å². The lowest BCUT2D eigenvalue weighted by Gasteiger charge is -2.18. The molecule has 2 heterocycles. The number of carbonyl (C=O) groups excluding carboxylic acids is 1. The van der Waals surface area contributed by atoms with Crippen LogP contribution >= 0.6 is 0 Å². The zero-order valence-electron chi connectivity index (χ0n) is 12.1. The summed E-state index contributed by atoms with van der Waals surface area (Å²) in [7, 11) is 4.12. The summed E-state index contributed by atoms with van der Waals surface area (Å²) in [4.78, 5) is 20.0. The van der Waals surface area contributed by atoms with Crippen LogP contribution in [0.4, 0.5) is 10.7 Å². The molecule has 1 saturated heterocycles. The number of amides is 2. The second kappa shape index (κ2) is 6.56. The van der Waals surface area contributed by atoms with Crippen molar-refractivity contribution < 1.29 is 4.79 Å². The molecule has 8 nitrogen and oxygen atoms in total. The van der Waals surface area contributed by atoms with Gasteiger partial charge in [0.05, 0.1) is 0 Å². The number of hydrogen-bond acceptors (Lipinski definition) is 5. The van der Waals surface area contributed by atoms with Gasteiger partial charge in [0.15, 0.2) is 0 Å². The van der Waals surface area contributed by atoms with Crippen LogP contribution in [0.5, 0.6) is 0 Å². The maximum Gasteiger partial charge on any atom is 0.317 e. The Morgan fingerprint density at radius 2 is 2.40 bits per heavy atom. The van der Waals surface area contributed by atoms with Crippen molar-refractivity contribution in [2.45, 2.75) is 12.8 Å². The van der Waals surface area contributed by atoms with Gasteiger partial charge >= 0.3 is 6.03 Å². The molecule has 20 heavy (non-hydrogen) atoms. The summed E-state index contributed by atoms with van der Waals surface area (Å²) in [5, 5.41) is 9.37. The van der Waals surface area contributed by atoms with Crippen molar-refractivity contribution in [3.05, 3.63) is 5.82 Å². The first-order valence-corrected chi connectivity index (χ1v) is 6.89. The first kappa shape index (κ1) is 14.6. The third kappa shape index (κ3) is 4.09. The second-order valence-electron chi connectivity index (χ2n) is 5.49. The van der Waals surface area contributed by atoms with Crippen LogP contribution in [0.1, 0.15) is 12.2 Å². The zero-order valence-corrected chi connectivity index (χ0v) is 12.1. The lowest BCUT2D eigenvalue weighted by Crippen LogP contribution is -2.40. The lowest BCUT2D eigenvalue weighted by atomic mass is 10.1. The van der Waals surface area contributed by atoms with E-state index in [9.17, 15) is 4.79 Å². The topological polar surface area (TPSA) is 103 Å². The fourth-order valence-electron chi connectivity index (χ4n) is 2.50. The smallest absolute Gasteiger partial charge is 0.317 e. The largest absolute Gasteiger partial charge is 0.367 e. The predicted molar refractivity (Wildman–Crippen MR) is 76.1 cm³/mol. The Kier molecular flexibility index (Phi) is 4.78. The second-order valence-corrected chi connectivity index (χ2v) is 5.49. The summed E-state index contributed by atoms with van der Waals surface area (Å²) in [6.45, 7) is 3.22. The molecule has 1 aromatic heterocycles. The summed E-state index contributed by atoms with van der Waals surface area (Å²) in [5.74, 6) is 1.50. The van der Waals surface area contributed by atoms with Gasteiger partial charge in [-0.3, -0.25) is 5.10 Å². The molecule has 8 heteroatoms. The summed E-state index contributed by atoms with van der Waals surface area (Å²) >= 11 is 0. The molecule has 2 amide bonds. The van der Waals surface area contributed by atoms with E-state index in [1.165, 1.54) is 0 Å². The number of nitrogens with one attached hydrogen (secondary N) is 2. The van der Waals surface area contributed by atoms with Gasteiger partial charge in [0.1, 0.15) is 5.82 Å². The highest BCUT2D eigenvalue weighted by molar-refractivity contribution is 5.74. The number of likely N-dealkylation sites (tertiary alicyclic amines) is 1. The quantitative estimate of drug-likeness (QED) is 0.676. The maximum atomic E-state index is 12.0. The standard InChI is InChI=1S/C12H23N7O/c1-18(2)7-9-4-6-19(8-9)12(20)14-5-3-10-15-11(13)17-16-10/h9H,3-8H2,1-2H3,(H,14,20)(H3,13,15,16,17)/t9-/m1/s1. The molecule has 4 N–H and O–H groups in total. The minimum atomic E-state index is -0.00116. The van der Waals surface area contributed by atoms with E-state index in [0.717, 1.165) is 26.1 Å². The maximum absolute atomic E-state index is 12.0. The van der Waals surface area contributed by atoms with E-state index in [1.54, 1.807) is 0 Å². The van der Waals surface area contributed by atoms with Gasteiger partial charge in [-0.25, -0.2) is 4.79 Å². The molecular formula is C12H23N7O. The Bertz CT molecular complexity index is 445. The van der Waals surface area contributed by atoms with Gasteiger partial charge in [-0.15, -0.1) is 5.10 Å². The summed E-state index contributed by atoms with van der Waals surface area (Å²) in [6, 6.07) is -0.00116. The molecule has 1 fully saturated rings. The molecule has 0 saturated carbocycles. The molecule has 2 rings (SSSR count). The van der Waals surface area contributed by atoms with Crippen molar-refractivity contribution >= 4 is 12.0 Å². The lowest BCUT2D eigenvalue weighted by molar-refractivity contribution is 0.205. The van der Waals surface area contributed by atoms with Crippen molar-refractivity contribution in [1.29, 1.82) is 0 Å². The van der Waals surface area contributed by atoms with E-state index < -0.39 is 0 Å². The Balaban J connectivity index is 1.68. The molecule has 0 aromatic carbocycles. The highest BCUT2D eigenvalue weighted by Crippen LogP contribution is 2.16. The zero-order chi connectivity index (χ0) is 14.5. The number of aromatic nitrogens is 3. The van der Waals surface area contributed by atoms with Crippen molar-refractivity contribution in [3.63, 3.8) is 0 Å². The number of nitrogens with two attached hydrogens (primary N) is 1. The van der Waals surface area contributed by atoms with Crippen LogP contribution in [0.25, 0.3) is 0 Å². The van der Waals surface area contributed by atoms with Crippen molar-refractivity contribution in [2.75, 3.05) is 46.0 Å².